The van der Waals surface area contributed by atoms with E-state index >= 15 is 0 Å². The summed E-state index contributed by atoms with van der Waals surface area (Å²) in [6.45, 7) is 4.88. The average molecular weight is 408 g/mol. The van der Waals surface area contributed by atoms with E-state index in [0.29, 0.717) is 42.8 Å². The van der Waals surface area contributed by atoms with Gasteiger partial charge in [-0.05, 0) is 37.6 Å². The van der Waals surface area contributed by atoms with E-state index in [1.54, 1.807) is 24.5 Å². The van der Waals surface area contributed by atoms with E-state index in [4.69, 9.17) is 9.15 Å². The minimum atomic E-state index is -0.189. The zero-order chi connectivity index (χ0) is 21.1. The van der Waals surface area contributed by atoms with Crippen LogP contribution in [0, 0.1) is 0 Å². The second-order valence-corrected chi connectivity index (χ2v) is 6.94. The summed E-state index contributed by atoms with van der Waals surface area (Å²) in [5.74, 6) is 1.43. The molecule has 4 rings (SSSR count). The lowest BCUT2D eigenvalue weighted by molar-refractivity contribution is -0.116. The molecule has 0 spiro atoms. The number of carbonyl (C=O) groups is 1. The number of anilines is 1. The topological polar surface area (TPSA) is 90.8 Å². The Morgan fingerprint density at radius 2 is 1.97 bits per heavy atom. The summed E-state index contributed by atoms with van der Waals surface area (Å²) in [7, 11) is 0. The van der Waals surface area contributed by atoms with Crippen molar-refractivity contribution in [1.29, 1.82) is 0 Å². The molecular formula is C22H24N4O4. The smallest absolute Gasteiger partial charge is 0.291 e. The number of carbonyl (C=O) groups excluding carboxylic acids is 1. The Hall–Kier alpha value is -3.55. The Balaban J connectivity index is 1.42. The predicted octanol–water partition coefficient (Wildman–Crippen LogP) is 3.62. The van der Waals surface area contributed by atoms with Crippen molar-refractivity contribution >= 4 is 28.2 Å². The number of rotatable bonds is 8. The van der Waals surface area contributed by atoms with Gasteiger partial charge in [-0.1, -0.05) is 6.92 Å². The second kappa shape index (κ2) is 8.44. The molecule has 4 aromatic rings. The number of benzene rings is 1. The van der Waals surface area contributed by atoms with Gasteiger partial charge in [0.2, 0.25) is 5.91 Å². The van der Waals surface area contributed by atoms with Crippen LogP contribution >= 0.6 is 0 Å². The fraction of sp³-hybridized carbons (Fsp3) is 0.318. The van der Waals surface area contributed by atoms with E-state index < -0.39 is 0 Å². The van der Waals surface area contributed by atoms with Crippen LogP contribution in [-0.2, 0) is 17.8 Å². The second-order valence-electron chi connectivity index (χ2n) is 6.94. The molecule has 3 heterocycles. The number of hydrogen-bond donors (Lipinski definition) is 1. The lowest BCUT2D eigenvalue weighted by Crippen LogP contribution is -2.27. The summed E-state index contributed by atoms with van der Waals surface area (Å²) < 4.78 is 14.1. The van der Waals surface area contributed by atoms with E-state index in [1.807, 2.05) is 36.4 Å². The van der Waals surface area contributed by atoms with Crippen LogP contribution in [0.2, 0.25) is 0 Å². The summed E-state index contributed by atoms with van der Waals surface area (Å²) in [4.78, 5) is 25.1. The highest BCUT2D eigenvalue weighted by molar-refractivity contribution is 5.90. The highest BCUT2D eigenvalue weighted by atomic mass is 16.5. The van der Waals surface area contributed by atoms with Crippen molar-refractivity contribution in [2.24, 2.45) is 0 Å². The SMILES string of the molecule is CCOc1ccc(NC(=O)CCCn2nc(CC)n3c(cc4occc43)c2=O)cc1. The highest BCUT2D eigenvalue weighted by Crippen LogP contribution is 2.20. The lowest BCUT2D eigenvalue weighted by atomic mass is 10.2. The summed E-state index contributed by atoms with van der Waals surface area (Å²) >= 11 is 0. The Morgan fingerprint density at radius 3 is 2.70 bits per heavy atom. The molecule has 0 aliphatic heterocycles. The molecule has 0 saturated carbocycles. The molecule has 3 aromatic heterocycles. The van der Waals surface area contributed by atoms with Crippen LogP contribution in [0.4, 0.5) is 5.69 Å². The molecule has 1 amide bonds. The predicted molar refractivity (Wildman–Crippen MR) is 114 cm³/mol. The van der Waals surface area contributed by atoms with Crippen LogP contribution in [0.3, 0.4) is 0 Å². The quantitative estimate of drug-likeness (QED) is 0.481. The first-order chi connectivity index (χ1) is 14.6. The van der Waals surface area contributed by atoms with Gasteiger partial charge in [-0.2, -0.15) is 5.10 Å². The standard InChI is InChI=1S/C22H24N4O4/c1-3-20-24-25(22(28)18-14-19-17(26(18)20)11-13-30-19)12-5-6-21(27)23-15-7-9-16(10-8-15)29-4-2/h7-11,13-14H,3-6,12H2,1-2H3,(H,23,27). The molecule has 0 aliphatic carbocycles. The third-order valence-electron chi connectivity index (χ3n) is 4.91. The van der Waals surface area contributed by atoms with E-state index in [-0.39, 0.29) is 17.9 Å². The maximum Gasteiger partial charge on any atom is 0.291 e. The van der Waals surface area contributed by atoms with Crippen LogP contribution in [0.1, 0.15) is 32.5 Å². The number of aryl methyl sites for hydroxylation is 2. The maximum atomic E-state index is 12.8. The Kier molecular flexibility index (Phi) is 5.56. The molecule has 0 bridgehead atoms. The zero-order valence-electron chi connectivity index (χ0n) is 17.1. The molecule has 0 atom stereocenters. The van der Waals surface area contributed by atoms with Gasteiger partial charge < -0.3 is 14.5 Å². The maximum absolute atomic E-state index is 12.8. The van der Waals surface area contributed by atoms with Crippen LogP contribution < -0.4 is 15.6 Å². The van der Waals surface area contributed by atoms with Crippen molar-refractivity contribution in [1.82, 2.24) is 14.2 Å². The number of ether oxygens (including phenoxy) is 1. The zero-order valence-corrected chi connectivity index (χ0v) is 17.1. The number of aromatic nitrogens is 3. The third kappa shape index (κ3) is 3.80. The molecule has 1 N–H and O–H groups in total. The van der Waals surface area contributed by atoms with E-state index in [2.05, 4.69) is 10.4 Å². The fourth-order valence-corrected chi connectivity index (χ4v) is 3.52. The Morgan fingerprint density at radius 1 is 1.17 bits per heavy atom. The van der Waals surface area contributed by atoms with Gasteiger partial charge in [-0.15, -0.1) is 0 Å². The van der Waals surface area contributed by atoms with Crippen LogP contribution in [-0.4, -0.2) is 26.7 Å². The van der Waals surface area contributed by atoms with Gasteiger partial charge in [0, 0.05) is 37.2 Å². The minimum Gasteiger partial charge on any atom is -0.494 e. The molecule has 0 radical (unpaired) electrons. The molecule has 0 unspecified atom stereocenters. The van der Waals surface area contributed by atoms with E-state index in [0.717, 1.165) is 17.1 Å². The van der Waals surface area contributed by atoms with Crippen molar-refractivity contribution in [2.75, 3.05) is 11.9 Å². The van der Waals surface area contributed by atoms with Crippen molar-refractivity contribution in [3.63, 3.8) is 0 Å². The normalized spacial score (nSPS) is 11.3. The molecule has 0 fully saturated rings. The molecule has 0 saturated heterocycles. The molecule has 8 nitrogen and oxygen atoms in total. The van der Waals surface area contributed by atoms with Gasteiger partial charge in [0.25, 0.3) is 5.56 Å². The van der Waals surface area contributed by atoms with Crippen molar-refractivity contribution < 1.29 is 13.9 Å². The van der Waals surface area contributed by atoms with Crippen LogP contribution in [0.5, 0.6) is 5.75 Å². The van der Waals surface area contributed by atoms with E-state index in [9.17, 15) is 9.59 Å². The third-order valence-corrected chi connectivity index (χ3v) is 4.91. The lowest BCUT2D eigenvalue weighted by Gasteiger charge is -2.10. The van der Waals surface area contributed by atoms with Gasteiger partial charge in [0.1, 0.15) is 17.1 Å². The average Bonchev–Trinajstić information content (AvgIpc) is 3.33. The van der Waals surface area contributed by atoms with Crippen LogP contribution in [0.25, 0.3) is 16.6 Å². The monoisotopic (exact) mass is 408 g/mol. The van der Waals surface area contributed by atoms with Crippen molar-refractivity contribution in [3.8, 4) is 5.75 Å². The van der Waals surface area contributed by atoms with Gasteiger partial charge in [-0.3, -0.25) is 14.0 Å². The van der Waals surface area contributed by atoms with Crippen molar-refractivity contribution in [2.45, 2.75) is 39.7 Å². The first-order valence-electron chi connectivity index (χ1n) is 10.1. The number of furan rings is 1. The first kappa shape index (κ1) is 19.8. The first-order valence-corrected chi connectivity index (χ1v) is 10.1. The summed E-state index contributed by atoms with van der Waals surface area (Å²) in [5, 5.41) is 7.37. The van der Waals surface area contributed by atoms with Gasteiger partial charge >= 0.3 is 0 Å². The number of amides is 1. The molecule has 156 valence electrons. The minimum absolute atomic E-state index is 0.107. The molecule has 1 aromatic carbocycles. The highest BCUT2D eigenvalue weighted by Gasteiger charge is 2.15. The Bertz CT molecular complexity index is 1230. The Labute approximate surface area is 173 Å². The van der Waals surface area contributed by atoms with E-state index in [1.165, 1.54) is 4.68 Å². The summed E-state index contributed by atoms with van der Waals surface area (Å²) in [6, 6.07) is 10.8. The van der Waals surface area contributed by atoms with Gasteiger partial charge in [-0.25, -0.2) is 4.68 Å². The molecule has 8 heteroatoms. The molecule has 0 aliphatic rings. The van der Waals surface area contributed by atoms with Crippen molar-refractivity contribution in [3.05, 3.63) is 58.8 Å². The number of hydrogen-bond acceptors (Lipinski definition) is 5. The summed E-state index contributed by atoms with van der Waals surface area (Å²) in [5.41, 5.74) is 2.56. The number of nitrogens with zero attached hydrogens (tertiary/aromatic N) is 3. The summed E-state index contributed by atoms with van der Waals surface area (Å²) in [6.07, 6.45) is 3.07. The van der Waals surface area contributed by atoms with Crippen LogP contribution in [0.15, 0.2) is 51.9 Å². The van der Waals surface area contributed by atoms with Gasteiger partial charge in [0.05, 0.1) is 18.4 Å². The fourth-order valence-electron chi connectivity index (χ4n) is 3.52. The number of nitrogens with one attached hydrogen (secondary N) is 1. The molecule has 30 heavy (non-hydrogen) atoms. The van der Waals surface area contributed by atoms with Gasteiger partial charge in [0.15, 0.2) is 5.58 Å². The molecular weight excluding hydrogens is 384 g/mol. The largest absolute Gasteiger partial charge is 0.494 e. The number of fused-ring (bicyclic) bond motifs is 3.